The molecule has 1 saturated heterocycles. The summed E-state index contributed by atoms with van der Waals surface area (Å²) in [6.45, 7) is 5.53. The number of hydrogen-bond acceptors (Lipinski definition) is 4. The number of Topliss-reactive ketones (excluding diaryl/α,β-unsaturated/α-hetero) is 1. The van der Waals surface area contributed by atoms with Gasteiger partial charge in [0.15, 0.2) is 5.78 Å². The number of rotatable bonds is 8. The molecule has 1 fully saturated rings. The lowest BCUT2D eigenvalue weighted by Gasteiger charge is -2.29. The van der Waals surface area contributed by atoms with E-state index < -0.39 is 0 Å². The fourth-order valence-corrected chi connectivity index (χ4v) is 3.71. The van der Waals surface area contributed by atoms with Gasteiger partial charge in [0.2, 0.25) is 0 Å². The minimum Gasteiger partial charge on any atom is -0.378 e. The molecule has 28 heavy (non-hydrogen) atoms. The Morgan fingerprint density at radius 3 is 2.18 bits per heavy atom. The molecule has 1 heterocycles. The number of morpholine rings is 1. The summed E-state index contributed by atoms with van der Waals surface area (Å²) >= 11 is 0. The predicted molar refractivity (Wildman–Crippen MR) is 115 cm³/mol. The summed E-state index contributed by atoms with van der Waals surface area (Å²) in [6.07, 6.45) is 2.98. The van der Waals surface area contributed by atoms with Crippen LogP contribution in [0.3, 0.4) is 0 Å². The molecule has 0 radical (unpaired) electrons. The monoisotopic (exact) mass is 380 g/mol. The first-order valence-corrected chi connectivity index (χ1v) is 10.3. The maximum absolute atomic E-state index is 13.2. The number of ketones is 1. The quantitative estimate of drug-likeness (QED) is 0.652. The van der Waals surface area contributed by atoms with Gasteiger partial charge < -0.3 is 9.64 Å². The zero-order valence-electron chi connectivity index (χ0n) is 17.4. The molecule has 4 nitrogen and oxygen atoms in total. The average molecular weight is 381 g/mol. The lowest BCUT2D eigenvalue weighted by atomic mass is 9.95. The van der Waals surface area contributed by atoms with Crippen LogP contribution in [0.1, 0.15) is 34.8 Å². The highest BCUT2D eigenvalue weighted by Gasteiger charge is 2.23. The maximum atomic E-state index is 13.2. The molecule has 3 rings (SSSR count). The minimum atomic E-state index is -0.161. The summed E-state index contributed by atoms with van der Waals surface area (Å²) < 4.78 is 5.42. The topological polar surface area (TPSA) is 32.8 Å². The molecule has 1 atom stereocenters. The fraction of sp³-hybridized carbons (Fsp3) is 0.458. The number of anilines is 1. The SMILES string of the molecule is CCCc1ccc(CC(C(=O)c2ccc(N3CCOCC3)cc2)N(C)C)cc1. The second-order valence-electron chi connectivity index (χ2n) is 7.76. The van der Waals surface area contributed by atoms with Gasteiger partial charge in [-0.2, -0.15) is 0 Å². The van der Waals surface area contributed by atoms with E-state index in [4.69, 9.17) is 4.74 Å². The normalized spacial score (nSPS) is 15.6. The first-order valence-electron chi connectivity index (χ1n) is 10.3. The van der Waals surface area contributed by atoms with Crippen molar-refractivity contribution in [3.63, 3.8) is 0 Å². The summed E-state index contributed by atoms with van der Waals surface area (Å²) in [7, 11) is 3.96. The number of carbonyl (C=O) groups excluding carboxylic acids is 1. The third-order valence-electron chi connectivity index (χ3n) is 5.44. The Labute approximate surface area is 169 Å². The number of likely N-dealkylation sites (N-methyl/N-ethyl adjacent to an activating group) is 1. The van der Waals surface area contributed by atoms with Crippen molar-refractivity contribution >= 4 is 11.5 Å². The van der Waals surface area contributed by atoms with Gasteiger partial charge in [0, 0.05) is 24.3 Å². The third-order valence-corrected chi connectivity index (χ3v) is 5.44. The highest BCUT2D eigenvalue weighted by atomic mass is 16.5. The smallest absolute Gasteiger partial charge is 0.180 e. The Morgan fingerprint density at radius 2 is 1.61 bits per heavy atom. The Hall–Kier alpha value is -2.17. The number of nitrogens with zero attached hydrogens (tertiary/aromatic N) is 2. The lowest BCUT2D eigenvalue weighted by Crippen LogP contribution is -2.38. The van der Waals surface area contributed by atoms with Gasteiger partial charge in [0.25, 0.3) is 0 Å². The van der Waals surface area contributed by atoms with Crippen molar-refractivity contribution in [2.24, 2.45) is 0 Å². The van der Waals surface area contributed by atoms with E-state index in [-0.39, 0.29) is 11.8 Å². The molecule has 0 bridgehead atoms. The van der Waals surface area contributed by atoms with Crippen molar-refractivity contribution in [1.29, 1.82) is 0 Å². The standard InChI is InChI=1S/C24H32N2O2/c1-4-5-19-6-8-20(9-7-19)18-23(25(2)3)24(27)21-10-12-22(13-11-21)26-14-16-28-17-15-26/h6-13,23H,4-5,14-18H2,1-3H3. The molecule has 1 unspecified atom stereocenters. The summed E-state index contributed by atoms with van der Waals surface area (Å²) in [4.78, 5) is 17.5. The molecule has 0 amide bonds. The molecular weight excluding hydrogens is 348 g/mol. The Morgan fingerprint density at radius 1 is 1.00 bits per heavy atom. The molecule has 2 aromatic rings. The van der Waals surface area contributed by atoms with Gasteiger partial charge >= 0.3 is 0 Å². The summed E-state index contributed by atoms with van der Waals surface area (Å²) in [5.74, 6) is 0.177. The molecule has 2 aromatic carbocycles. The van der Waals surface area contributed by atoms with E-state index in [0.29, 0.717) is 0 Å². The van der Waals surface area contributed by atoms with Crippen molar-refractivity contribution in [3.05, 3.63) is 65.2 Å². The number of benzene rings is 2. The molecule has 0 saturated carbocycles. The molecular formula is C24H32N2O2. The van der Waals surface area contributed by atoms with Crippen molar-refractivity contribution in [3.8, 4) is 0 Å². The molecule has 0 N–H and O–H groups in total. The zero-order valence-corrected chi connectivity index (χ0v) is 17.4. The van der Waals surface area contributed by atoms with Crippen LogP contribution in [0, 0.1) is 0 Å². The molecule has 0 aromatic heterocycles. The molecule has 150 valence electrons. The van der Waals surface area contributed by atoms with E-state index in [9.17, 15) is 4.79 Å². The van der Waals surface area contributed by atoms with Crippen LogP contribution in [0.15, 0.2) is 48.5 Å². The number of aryl methyl sites for hydroxylation is 1. The van der Waals surface area contributed by atoms with Crippen LogP contribution in [0.4, 0.5) is 5.69 Å². The molecule has 0 aliphatic carbocycles. The van der Waals surface area contributed by atoms with Gasteiger partial charge in [-0.25, -0.2) is 0 Å². The van der Waals surface area contributed by atoms with Crippen molar-refractivity contribution < 1.29 is 9.53 Å². The largest absolute Gasteiger partial charge is 0.378 e. The molecule has 1 aliphatic heterocycles. The predicted octanol–water partition coefficient (Wildman–Crippen LogP) is 3.83. The van der Waals surface area contributed by atoms with Crippen LogP contribution < -0.4 is 4.90 Å². The first kappa shape index (κ1) is 20.6. The van der Waals surface area contributed by atoms with Gasteiger partial charge in [0.05, 0.1) is 19.3 Å². The molecule has 0 spiro atoms. The average Bonchev–Trinajstić information content (AvgIpc) is 2.73. The van der Waals surface area contributed by atoms with Crippen LogP contribution in [0.25, 0.3) is 0 Å². The molecule has 4 heteroatoms. The summed E-state index contributed by atoms with van der Waals surface area (Å²) in [5, 5.41) is 0. The highest BCUT2D eigenvalue weighted by molar-refractivity contribution is 6.00. The van der Waals surface area contributed by atoms with Crippen molar-refractivity contribution in [1.82, 2.24) is 4.90 Å². The maximum Gasteiger partial charge on any atom is 0.180 e. The van der Waals surface area contributed by atoms with E-state index >= 15 is 0 Å². The highest BCUT2D eigenvalue weighted by Crippen LogP contribution is 2.19. The Bertz CT molecular complexity index is 747. The lowest BCUT2D eigenvalue weighted by molar-refractivity contribution is 0.0875. The zero-order chi connectivity index (χ0) is 19.9. The fourth-order valence-electron chi connectivity index (χ4n) is 3.71. The first-order chi connectivity index (χ1) is 13.6. The van der Waals surface area contributed by atoms with Gasteiger partial charge in [-0.05, 0) is 62.3 Å². The van der Waals surface area contributed by atoms with E-state index in [1.54, 1.807) is 0 Å². The van der Waals surface area contributed by atoms with Gasteiger partial charge in [-0.3, -0.25) is 9.69 Å². The van der Waals surface area contributed by atoms with Gasteiger partial charge in [-0.1, -0.05) is 37.6 Å². The second kappa shape index (κ2) is 9.85. The van der Waals surface area contributed by atoms with E-state index in [2.05, 4.69) is 48.2 Å². The van der Waals surface area contributed by atoms with Crippen LogP contribution in [-0.2, 0) is 17.6 Å². The number of carbonyl (C=O) groups is 1. The summed E-state index contributed by atoms with van der Waals surface area (Å²) in [5.41, 5.74) is 4.50. The molecule has 1 aliphatic rings. The van der Waals surface area contributed by atoms with Crippen molar-refractivity contribution in [2.75, 3.05) is 45.3 Å². The van der Waals surface area contributed by atoms with Gasteiger partial charge in [0.1, 0.15) is 0 Å². The van der Waals surface area contributed by atoms with E-state index in [1.165, 1.54) is 11.1 Å². The Balaban J connectivity index is 1.69. The van der Waals surface area contributed by atoms with Crippen LogP contribution >= 0.6 is 0 Å². The van der Waals surface area contributed by atoms with E-state index in [1.807, 2.05) is 31.1 Å². The van der Waals surface area contributed by atoms with Gasteiger partial charge in [-0.15, -0.1) is 0 Å². The minimum absolute atomic E-state index is 0.161. The Kier molecular flexibility index (Phi) is 7.24. The van der Waals surface area contributed by atoms with E-state index in [0.717, 1.165) is 56.8 Å². The number of hydrogen-bond donors (Lipinski definition) is 0. The second-order valence-corrected chi connectivity index (χ2v) is 7.76. The third kappa shape index (κ3) is 5.21. The van der Waals surface area contributed by atoms with Crippen LogP contribution in [0.2, 0.25) is 0 Å². The van der Waals surface area contributed by atoms with Crippen molar-refractivity contribution in [2.45, 2.75) is 32.2 Å². The number of ether oxygens (including phenoxy) is 1. The van der Waals surface area contributed by atoms with Crippen LogP contribution in [-0.4, -0.2) is 57.1 Å². The van der Waals surface area contributed by atoms with Crippen LogP contribution in [0.5, 0.6) is 0 Å². The summed E-state index contributed by atoms with van der Waals surface area (Å²) in [6, 6.07) is 16.6.